The average molecular weight is 312 g/mol. The molecule has 2 aromatic rings. The summed E-state index contributed by atoms with van der Waals surface area (Å²) in [7, 11) is 1.95. The third-order valence-corrected chi connectivity index (χ3v) is 4.24. The summed E-state index contributed by atoms with van der Waals surface area (Å²) in [5.74, 6) is 0. The molecule has 0 amide bonds. The molecule has 0 aliphatic rings. The fraction of sp³-hybridized carbons (Fsp3) is 0.400. The van der Waals surface area contributed by atoms with E-state index in [0.717, 1.165) is 16.3 Å². The van der Waals surface area contributed by atoms with E-state index in [2.05, 4.69) is 31.2 Å². The molecule has 0 aliphatic heterocycles. The largest absolute Gasteiger partial charge is 0.303 e. The van der Waals surface area contributed by atoms with E-state index in [1.54, 1.807) is 6.07 Å². The van der Waals surface area contributed by atoms with Crippen LogP contribution >= 0.6 is 23.2 Å². The van der Waals surface area contributed by atoms with Crippen LogP contribution in [0, 0.1) is 6.92 Å². The molecule has 1 aromatic heterocycles. The molecule has 108 valence electrons. The molecule has 0 aliphatic carbocycles. The Kier molecular flexibility index (Phi) is 4.74. The van der Waals surface area contributed by atoms with Crippen LogP contribution in [0.25, 0.3) is 0 Å². The number of nitrogens with zero attached hydrogens (tertiary/aromatic N) is 2. The van der Waals surface area contributed by atoms with Gasteiger partial charge >= 0.3 is 0 Å². The van der Waals surface area contributed by atoms with Crippen LogP contribution in [0.1, 0.15) is 42.8 Å². The summed E-state index contributed by atoms with van der Waals surface area (Å²) in [5.41, 5.74) is 3.36. The van der Waals surface area contributed by atoms with Crippen molar-refractivity contribution in [2.45, 2.75) is 32.9 Å². The van der Waals surface area contributed by atoms with E-state index in [1.807, 2.05) is 30.1 Å². The predicted molar refractivity (Wildman–Crippen MR) is 84.4 cm³/mol. The molecule has 1 heterocycles. The molecule has 3 nitrogen and oxygen atoms in total. The van der Waals surface area contributed by atoms with Crippen LogP contribution in [-0.4, -0.2) is 9.78 Å². The number of hydrogen-bond acceptors (Lipinski definition) is 2. The van der Waals surface area contributed by atoms with E-state index in [-0.39, 0.29) is 12.1 Å². The molecule has 2 rings (SSSR count). The Bertz CT molecular complexity index is 607. The highest BCUT2D eigenvalue weighted by molar-refractivity contribution is 6.33. The Balaban J connectivity index is 2.17. The van der Waals surface area contributed by atoms with Gasteiger partial charge in [0.15, 0.2) is 0 Å². The number of nitrogens with one attached hydrogen (secondary N) is 1. The molecule has 1 aromatic carbocycles. The van der Waals surface area contributed by atoms with Crippen LogP contribution in [0.2, 0.25) is 10.0 Å². The number of aryl methyl sites for hydroxylation is 1. The minimum absolute atomic E-state index is 0.107. The van der Waals surface area contributed by atoms with Crippen molar-refractivity contribution in [3.05, 3.63) is 51.3 Å². The zero-order chi connectivity index (χ0) is 14.9. The summed E-state index contributed by atoms with van der Waals surface area (Å²) < 4.78 is 1.88. The van der Waals surface area contributed by atoms with Gasteiger partial charge in [-0.2, -0.15) is 5.10 Å². The first-order valence-electron chi connectivity index (χ1n) is 6.59. The van der Waals surface area contributed by atoms with E-state index in [9.17, 15) is 0 Å². The lowest BCUT2D eigenvalue weighted by Crippen LogP contribution is -2.23. The molecule has 0 spiro atoms. The van der Waals surface area contributed by atoms with Crippen LogP contribution in [0.4, 0.5) is 0 Å². The van der Waals surface area contributed by atoms with Crippen molar-refractivity contribution in [3.8, 4) is 0 Å². The topological polar surface area (TPSA) is 29.9 Å². The van der Waals surface area contributed by atoms with Gasteiger partial charge in [0, 0.05) is 40.4 Å². The molecular formula is C15H19Cl2N3. The highest BCUT2D eigenvalue weighted by Crippen LogP contribution is 2.28. The highest BCUT2D eigenvalue weighted by Gasteiger charge is 2.17. The number of benzene rings is 1. The molecule has 0 bridgehead atoms. The SMILES string of the molecule is Cc1c(C(C)NC(C)c2cc(Cl)ccc2Cl)cnn1C. The fourth-order valence-electron chi connectivity index (χ4n) is 2.34. The van der Waals surface area contributed by atoms with Gasteiger partial charge in [0.25, 0.3) is 0 Å². The number of aromatic nitrogens is 2. The lowest BCUT2D eigenvalue weighted by molar-refractivity contribution is 0.492. The van der Waals surface area contributed by atoms with Gasteiger partial charge < -0.3 is 5.32 Å². The molecule has 0 radical (unpaired) electrons. The van der Waals surface area contributed by atoms with Gasteiger partial charge in [-0.3, -0.25) is 4.68 Å². The molecule has 1 N–H and O–H groups in total. The molecule has 0 saturated heterocycles. The Labute approximate surface area is 129 Å². The minimum atomic E-state index is 0.107. The first-order chi connectivity index (χ1) is 9.40. The second-order valence-electron chi connectivity index (χ2n) is 5.08. The first kappa shape index (κ1) is 15.4. The van der Waals surface area contributed by atoms with Crippen molar-refractivity contribution in [2.75, 3.05) is 0 Å². The quantitative estimate of drug-likeness (QED) is 0.904. The zero-order valence-electron chi connectivity index (χ0n) is 12.1. The van der Waals surface area contributed by atoms with Crippen LogP contribution in [0.3, 0.4) is 0 Å². The Morgan fingerprint density at radius 1 is 1.15 bits per heavy atom. The molecule has 2 unspecified atom stereocenters. The number of rotatable bonds is 4. The fourth-order valence-corrected chi connectivity index (χ4v) is 2.80. The standard InChI is InChI=1S/C15H19Cl2N3/c1-9(13-7-12(16)5-6-15(13)17)19-10(2)14-8-18-20(4)11(14)3/h5-10,19H,1-4H3. The van der Waals surface area contributed by atoms with Gasteiger partial charge in [0.05, 0.1) is 6.20 Å². The van der Waals surface area contributed by atoms with Gasteiger partial charge in [-0.1, -0.05) is 23.2 Å². The summed E-state index contributed by atoms with van der Waals surface area (Å²) in [6, 6.07) is 5.83. The maximum atomic E-state index is 6.24. The van der Waals surface area contributed by atoms with Crippen molar-refractivity contribution in [1.82, 2.24) is 15.1 Å². The Morgan fingerprint density at radius 3 is 2.40 bits per heavy atom. The summed E-state index contributed by atoms with van der Waals surface area (Å²) >= 11 is 12.3. The molecule has 0 fully saturated rings. The van der Waals surface area contributed by atoms with E-state index in [0.29, 0.717) is 5.02 Å². The first-order valence-corrected chi connectivity index (χ1v) is 7.35. The normalized spacial score (nSPS) is 14.3. The highest BCUT2D eigenvalue weighted by atomic mass is 35.5. The van der Waals surface area contributed by atoms with Crippen LogP contribution in [0.15, 0.2) is 24.4 Å². The van der Waals surface area contributed by atoms with Gasteiger partial charge in [-0.05, 0) is 44.5 Å². The van der Waals surface area contributed by atoms with Gasteiger partial charge in [0.1, 0.15) is 0 Å². The van der Waals surface area contributed by atoms with Crippen LogP contribution in [-0.2, 0) is 7.05 Å². The monoisotopic (exact) mass is 311 g/mol. The van der Waals surface area contributed by atoms with Crippen LogP contribution < -0.4 is 5.32 Å². The molecule has 20 heavy (non-hydrogen) atoms. The van der Waals surface area contributed by atoms with Crippen LogP contribution in [0.5, 0.6) is 0 Å². The van der Waals surface area contributed by atoms with Crippen molar-refractivity contribution in [1.29, 1.82) is 0 Å². The molecule has 5 heteroatoms. The lowest BCUT2D eigenvalue weighted by atomic mass is 10.0. The third-order valence-electron chi connectivity index (χ3n) is 3.66. The summed E-state index contributed by atoms with van der Waals surface area (Å²) in [6.45, 7) is 6.27. The Morgan fingerprint density at radius 2 is 1.80 bits per heavy atom. The van der Waals surface area contributed by atoms with Crippen molar-refractivity contribution >= 4 is 23.2 Å². The third kappa shape index (κ3) is 3.17. The van der Waals surface area contributed by atoms with E-state index < -0.39 is 0 Å². The summed E-state index contributed by atoms with van der Waals surface area (Å²) in [6.07, 6.45) is 1.90. The smallest absolute Gasteiger partial charge is 0.0540 e. The molecule has 0 saturated carbocycles. The van der Waals surface area contributed by atoms with Crippen molar-refractivity contribution in [3.63, 3.8) is 0 Å². The van der Waals surface area contributed by atoms with E-state index in [4.69, 9.17) is 23.2 Å². The van der Waals surface area contributed by atoms with Gasteiger partial charge in [0.2, 0.25) is 0 Å². The Hall–Kier alpha value is -1.03. The maximum Gasteiger partial charge on any atom is 0.0540 e. The van der Waals surface area contributed by atoms with Crippen molar-refractivity contribution < 1.29 is 0 Å². The minimum Gasteiger partial charge on any atom is -0.303 e. The van der Waals surface area contributed by atoms with Gasteiger partial charge in [-0.15, -0.1) is 0 Å². The summed E-state index contributed by atoms with van der Waals surface area (Å²) in [4.78, 5) is 0. The molecule has 2 atom stereocenters. The predicted octanol–water partition coefficient (Wildman–Crippen LogP) is 4.45. The lowest BCUT2D eigenvalue weighted by Gasteiger charge is -2.21. The second kappa shape index (κ2) is 6.17. The zero-order valence-corrected chi connectivity index (χ0v) is 13.6. The van der Waals surface area contributed by atoms with Gasteiger partial charge in [-0.25, -0.2) is 0 Å². The number of halogens is 2. The second-order valence-corrected chi connectivity index (χ2v) is 5.93. The molecular weight excluding hydrogens is 293 g/mol. The van der Waals surface area contributed by atoms with E-state index in [1.165, 1.54) is 5.56 Å². The average Bonchev–Trinajstić information content (AvgIpc) is 2.73. The van der Waals surface area contributed by atoms with E-state index >= 15 is 0 Å². The summed E-state index contributed by atoms with van der Waals surface area (Å²) in [5, 5.41) is 9.24. The maximum absolute atomic E-state index is 6.24. The number of hydrogen-bond donors (Lipinski definition) is 1. The van der Waals surface area contributed by atoms with Crippen molar-refractivity contribution in [2.24, 2.45) is 7.05 Å².